The molecule has 0 amide bonds. The van der Waals surface area contributed by atoms with E-state index in [1.54, 1.807) is 6.07 Å². The highest BCUT2D eigenvalue weighted by molar-refractivity contribution is 6.43. The number of anilines is 1. The smallest absolute Gasteiger partial charge is 0.0668 e. The average Bonchev–Trinajstić information content (AvgIpc) is 2.71. The van der Waals surface area contributed by atoms with E-state index in [0.717, 1.165) is 35.6 Å². The summed E-state index contributed by atoms with van der Waals surface area (Å²) in [6, 6.07) is 13.8. The lowest BCUT2D eigenvalue weighted by Crippen LogP contribution is -2.03. The predicted octanol–water partition coefficient (Wildman–Crippen LogP) is 4.92. The third-order valence-electron chi connectivity index (χ3n) is 3.31. The number of allylic oxidation sites excluding steroid dienone is 1. The minimum Gasteiger partial charge on any atom is -0.383 e. The molecule has 1 N–H and O–H groups in total. The maximum atomic E-state index is 6.21. The number of nitrogens with one attached hydrogen (secondary N) is 1. The lowest BCUT2D eigenvalue weighted by atomic mass is 10.1. The number of benzene rings is 2. The van der Waals surface area contributed by atoms with Crippen molar-refractivity contribution in [2.24, 2.45) is 4.99 Å². The maximum absolute atomic E-state index is 6.21. The van der Waals surface area contributed by atoms with E-state index < -0.39 is 0 Å². The molecule has 0 aliphatic carbocycles. The molecule has 0 aromatic heterocycles. The van der Waals surface area contributed by atoms with E-state index in [9.17, 15) is 0 Å². The lowest BCUT2D eigenvalue weighted by Gasteiger charge is -2.07. The Balaban J connectivity index is 1.96. The Bertz CT molecular complexity index is 720. The summed E-state index contributed by atoms with van der Waals surface area (Å²) in [7, 11) is 0. The molecule has 21 heavy (non-hydrogen) atoms. The van der Waals surface area contributed by atoms with Crippen LogP contribution in [0.25, 0.3) is 6.08 Å². The van der Waals surface area contributed by atoms with Gasteiger partial charge in [-0.1, -0.05) is 59.6 Å². The van der Waals surface area contributed by atoms with Gasteiger partial charge in [0, 0.05) is 17.8 Å². The molecule has 0 radical (unpaired) electrons. The van der Waals surface area contributed by atoms with Crippen molar-refractivity contribution < 1.29 is 0 Å². The molecule has 2 aromatic carbocycles. The summed E-state index contributed by atoms with van der Waals surface area (Å²) >= 11 is 12.2. The molecule has 2 nitrogen and oxygen atoms in total. The molecule has 106 valence electrons. The van der Waals surface area contributed by atoms with Gasteiger partial charge in [0.25, 0.3) is 0 Å². The zero-order valence-electron chi connectivity index (χ0n) is 11.3. The second kappa shape index (κ2) is 6.33. The normalized spacial score (nSPS) is 14.3. The fourth-order valence-electron chi connectivity index (χ4n) is 2.27. The SMILES string of the molecule is Clc1cccc(C=CC2=NCCNc3ccccc32)c1Cl. The summed E-state index contributed by atoms with van der Waals surface area (Å²) in [5, 5.41) is 4.50. The fourth-order valence-corrected chi connectivity index (χ4v) is 2.64. The summed E-state index contributed by atoms with van der Waals surface area (Å²) in [5.41, 5.74) is 4.05. The summed E-state index contributed by atoms with van der Waals surface area (Å²) < 4.78 is 0. The average molecular weight is 317 g/mol. The summed E-state index contributed by atoms with van der Waals surface area (Å²) in [4.78, 5) is 4.62. The molecule has 0 unspecified atom stereocenters. The van der Waals surface area contributed by atoms with Gasteiger partial charge in [0.1, 0.15) is 0 Å². The highest BCUT2D eigenvalue weighted by Gasteiger charge is 2.09. The predicted molar refractivity (Wildman–Crippen MR) is 91.8 cm³/mol. The minimum atomic E-state index is 0.559. The molecule has 0 fully saturated rings. The fraction of sp³-hybridized carbons (Fsp3) is 0.118. The van der Waals surface area contributed by atoms with Gasteiger partial charge in [-0.15, -0.1) is 0 Å². The van der Waals surface area contributed by atoms with Crippen LogP contribution >= 0.6 is 23.2 Å². The number of fused-ring (bicyclic) bond motifs is 1. The van der Waals surface area contributed by atoms with Crippen LogP contribution in [0.3, 0.4) is 0 Å². The van der Waals surface area contributed by atoms with Gasteiger partial charge in [0.05, 0.1) is 22.3 Å². The molecular formula is C17H14Cl2N2. The first-order chi connectivity index (χ1) is 10.3. The van der Waals surface area contributed by atoms with E-state index in [0.29, 0.717) is 10.0 Å². The van der Waals surface area contributed by atoms with Crippen molar-refractivity contribution in [2.45, 2.75) is 0 Å². The number of rotatable bonds is 2. The molecule has 0 atom stereocenters. The Hall–Kier alpha value is -1.77. The number of aliphatic imine (C=N–C) groups is 1. The largest absolute Gasteiger partial charge is 0.383 e. The van der Waals surface area contributed by atoms with Gasteiger partial charge in [-0.25, -0.2) is 0 Å². The van der Waals surface area contributed by atoms with Crippen LogP contribution in [0.5, 0.6) is 0 Å². The quantitative estimate of drug-likeness (QED) is 0.835. The Morgan fingerprint density at radius 3 is 2.76 bits per heavy atom. The first-order valence-electron chi connectivity index (χ1n) is 6.75. The third kappa shape index (κ3) is 3.12. The van der Waals surface area contributed by atoms with Gasteiger partial charge >= 0.3 is 0 Å². The standard InChI is InChI=1S/C17H14Cl2N2/c18-14-6-3-4-12(17(14)19)8-9-16-13-5-1-2-7-15(13)20-10-11-21-16/h1-9,20H,10-11H2. The second-order valence-electron chi connectivity index (χ2n) is 4.72. The van der Waals surface area contributed by atoms with Gasteiger partial charge in [-0.2, -0.15) is 0 Å². The highest BCUT2D eigenvalue weighted by atomic mass is 35.5. The Kier molecular flexibility index (Phi) is 4.28. The van der Waals surface area contributed by atoms with Crippen LogP contribution in [0.1, 0.15) is 11.1 Å². The van der Waals surface area contributed by atoms with Crippen molar-refractivity contribution >= 4 is 40.7 Å². The van der Waals surface area contributed by atoms with Crippen LogP contribution in [0, 0.1) is 0 Å². The van der Waals surface area contributed by atoms with Crippen molar-refractivity contribution in [1.29, 1.82) is 0 Å². The molecule has 0 spiro atoms. The molecule has 0 saturated heterocycles. The van der Waals surface area contributed by atoms with Crippen LogP contribution in [0.2, 0.25) is 10.0 Å². The van der Waals surface area contributed by atoms with E-state index in [2.05, 4.69) is 22.4 Å². The van der Waals surface area contributed by atoms with Gasteiger partial charge in [-0.3, -0.25) is 4.99 Å². The number of halogens is 2. The van der Waals surface area contributed by atoms with E-state index in [-0.39, 0.29) is 0 Å². The molecule has 3 rings (SSSR count). The summed E-state index contributed by atoms with van der Waals surface area (Å²) in [6.07, 6.45) is 3.94. The van der Waals surface area contributed by atoms with Crippen LogP contribution in [-0.2, 0) is 0 Å². The second-order valence-corrected chi connectivity index (χ2v) is 5.50. The van der Waals surface area contributed by atoms with Crippen LogP contribution in [0.4, 0.5) is 5.69 Å². The van der Waals surface area contributed by atoms with Crippen molar-refractivity contribution in [1.82, 2.24) is 0 Å². The molecule has 2 aromatic rings. The van der Waals surface area contributed by atoms with Gasteiger partial charge in [-0.05, 0) is 23.8 Å². The van der Waals surface area contributed by atoms with Gasteiger partial charge < -0.3 is 5.32 Å². The number of hydrogen-bond acceptors (Lipinski definition) is 2. The van der Waals surface area contributed by atoms with E-state index in [4.69, 9.17) is 23.2 Å². The van der Waals surface area contributed by atoms with Gasteiger partial charge in [0.15, 0.2) is 0 Å². The van der Waals surface area contributed by atoms with Crippen LogP contribution in [0.15, 0.2) is 53.5 Å². The third-order valence-corrected chi connectivity index (χ3v) is 4.15. The van der Waals surface area contributed by atoms with E-state index in [1.807, 2.05) is 36.4 Å². The summed E-state index contributed by atoms with van der Waals surface area (Å²) in [5.74, 6) is 0. The highest BCUT2D eigenvalue weighted by Crippen LogP contribution is 2.27. The topological polar surface area (TPSA) is 24.4 Å². The molecule has 1 aliphatic rings. The number of hydrogen-bond donors (Lipinski definition) is 1. The Morgan fingerprint density at radius 1 is 1.00 bits per heavy atom. The van der Waals surface area contributed by atoms with E-state index >= 15 is 0 Å². The van der Waals surface area contributed by atoms with Crippen LogP contribution in [-0.4, -0.2) is 18.8 Å². The van der Waals surface area contributed by atoms with Crippen molar-refractivity contribution in [3.8, 4) is 0 Å². The Morgan fingerprint density at radius 2 is 1.86 bits per heavy atom. The number of benzodiazepines with no additional fused rings is 1. The zero-order valence-corrected chi connectivity index (χ0v) is 12.8. The molecule has 4 heteroatoms. The molecular weight excluding hydrogens is 303 g/mol. The molecule has 1 aliphatic heterocycles. The van der Waals surface area contributed by atoms with Gasteiger partial charge in [0.2, 0.25) is 0 Å². The van der Waals surface area contributed by atoms with Crippen molar-refractivity contribution in [2.75, 3.05) is 18.4 Å². The van der Waals surface area contributed by atoms with Crippen LogP contribution < -0.4 is 5.32 Å². The lowest BCUT2D eigenvalue weighted by molar-refractivity contribution is 1.04. The van der Waals surface area contributed by atoms with Crippen molar-refractivity contribution in [3.63, 3.8) is 0 Å². The first kappa shape index (κ1) is 14.2. The minimum absolute atomic E-state index is 0.559. The Labute approximate surface area is 134 Å². The monoisotopic (exact) mass is 316 g/mol. The molecule has 0 saturated carbocycles. The molecule has 0 bridgehead atoms. The van der Waals surface area contributed by atoms with E-state index in [1.165, 1.54) is 0 Å². The number of nitrogens with zero attached hydrogens (tertiary/aromatic N) is 1. The molecule has 1 heterocycles. The van der Waals surface area contributed by atoms with Crippen molar-refractivity contribution in [3.05, 3.63) is 69.7 Å². The first-order valence-corrected chi connectivity index (χ1v) is 7.51. The zero-order chi connectivity index (χ0) is 14.7. The summed E-state index contributed by atoms with van der Waals surface area (Å²) in [6.45, 7) is 1.59. The number of para-hydroxylation sites is 1. The maximum Gasteiger partial charge on any atom is 0.0668 e.